The Morgan fingerprint density at radius 3 is 2.10 bits per heavy atom. The van der Waals surface area contributed by atoms with Crippen LogP contribution in [0.2, 0.25) is 5.02 Å². The molecule has 4 rings (SSSR count). The lowest BCUT2D eigenvalue weighted by Crippen LogP contribution is -2.33. The summed E-state index contributed by atoms with van der Waals surface area (Å²) in [5.74, 6) is -0.329. The molecule has 5 heteroatoms. The third-order valence-corrected chi connectivity index (χ3v) is 5.67. The number of rotatable bonds is 5. The molecule has 3 aromatic rings. The minimum atomic E-state index is -0.378. The number of aryl methyl sites for hydroxylation is 1. The molecular formula is C26H23ClN2O2. The summed E-state index contributed by atoms with van der Waals surface area (Å²) < 4.78 is 0. The van der Waals surface area contributed by atoms with Crippen LogP contribution in [0.25, 0.3) is 5.57 Å². The Morgan fingerprint density at radius 1 is 0.839 bits per heavy atom. The van der Waals surface area contributed by atoms with Crippen molar-refractivity contribution in [1.29, 1.82) is 0 Å². The molecule has 0 aromatic heterocycles. The van der Waals surface area contributed by atoms with Gasteiger partial charge in [0.15, 0.2) is 0 Å². The Hall–Kier alpha value is -3.37. The van der Waals surface area contributed by atoms with Crippen LogP contribution < -0.4 is 10.2 Å². The molecule has 31 heavy (non-hydrogen) atoms. The molecule has 0 aliphatic carbocycles. The summed E-state index contributed by atoms with van der Waals surface area (Å²) in [4.78, 5) is 28.2. The number of carbonyl (C=O) groups excluding carboxylic acids is 2. The van der Waals surface area contributed by atoms with E-state index in [1.165, 1.54) is 10.5 Å². The smallest absolute Gasteiger partial charge is 0.282 e. The number of anilines is 2. The third-order valence-electron chi connectivity index (χ3n) is 5.42. The quantitative estimate of drug-likeness (QED) is 0.492. The van der Waals surface area contributed by atoms with Gasteiger partial charge in [0.05, 0.1) is 11.3 Å². The fraction of sp³-hybridized carbons (Fsp3) is 0.154. The Labute approximate surface area is 187 Å². The lowest BCUT2D eigenvalue weighted by Gasteiger charge is -2.17. The maximum atomic E-state index is 13.5. The Morgan fingerprint density at radius 2 is 1.48 bits per heavy atom. The van der Waals surface area contributed by atoms with Crippen molar-refractivity contribution in [2.45, 2.75) is 26.7 Å². The SMILES string of the molecule is Cc1ccccc1N1C(=O)C(Nc2ccc(C(C)C)cc2)=C(c2ccc(Cl)cc2)C1=O. The van der Waals surface area contributed by atoms with E-state index in [1.54, 1.807) is 30.3 Å². The largest absolute Gasteiger partial charge is 0.350 e. The Kier molecular flexibility index (Phi) is 5.66. The highest BCUT2D eigenvalue weighted by atomic mass is 35.5. The summed E-state index contributed by atoms with van der Waals surface area (Å²) in [6.07, 6.45) is 0. The molecule has 0 saturated carbocycles. The molecule has 0 radical (unpaired) electrons. The minimum absolute atomic E-state index is 0.257. The normalized spacial score (nSPS) is 14.0. The van der Waals surface area contributed by atoms with Crippen LogP contribution in [0.5, 0.6) is 0 Å². The molecule has 156 valence electrons. The van der Waals surface area contributed by atoms with Crippen molar-refractivity contribution in [1.82, 2.24) is 0 Å². The number of hydrogen-bond acceptors (Lipinski definition) is 3. The van der Waals surface area contributed by atoms with Gasteiger partial charge in [-0.2, -0.15) is 0 Å². The molecular weight excluding hydrogens is 408 g/mol. The number of nitrogens with one attached hydrogen (secondary N) is 1. The molecule has 4 nitrogen and oxygen atoms in total. The lowest BCUT2D eigenvalue weighted by atomic mass is 10.0. The van der Waals surface area contributed by atoms with Crippen molar-refractivity contribution >= 4 is 40.4 Å². The molecule has 1 N–H and O–H groups in total. The first-order chi connectivity index (χ1) is 14.9. The van der Waals surface area contributed by atoms with E-state index in [1.807, 2.05) is 49.4 Å². The van der Waals surface area contributed by atoms with Gasteiger partial charge in [-0.25, -0.2) is 4.90 Å². The lowest BCUT2D eigenvalue weighted by molar-refractivity contribution is -0.120. The first kappa shape index (κ1) is 20.9. The van der Waals surface area contributed by atoms with Gasteiger partial charge in [0.25, 0.3) is 11.8 Å². The van der Waals surface area contributed by atoms with Gasteiger partial charge in [-0.05, 0) is 59.9 Å². The maximum absolute atomic E-state index is 13.5. The number of para-hydroxylation sites is 1. The number of carbonyl (C=O) groups is 2. The van der Waals surface area contributed by atoms with Gasteiger partial charge in [-0.1, -0.05) is 67.9 Å². The molecule has 0 bridgehead atoms. The van der Waals surface area contributed by atoms with Crippen LogP contribution in [-0.4, -0.2) is 11.8 Å². The molecule has 2 amide bonds. The number of nitrogens with zero attached hydrogens (tertiary/aromatic N) is 1. The highest BCUT2D eigenvalue weighted by molar-refractivity contribution is 6.46. The van der Waals surface area contributed by atoms with E-state index in [0.29, 0.717) is 27.8 Å². The number of imide groups is 1. The van der Waals surface area contributed by atoms with Crippen LogP contribution in [0.4, 0.5) is 11.4 Å². The van der Waals surface area contributed by atoms with Crippen LogP contribution in [-0.2, 0) is 9.59 Å². The zero-order valence-electron chi connectivity index (χ0n) is 17.6. The fourth-order valence-electron chi connectivity index (χ4n) is 3.66. The summed E-state index contributed by atoms with van der Waals surface area (Å²) in [6.45, 7) is 6.14. The van der Waals surface area contributed by atoms with Crippen LogP contribution in [0.15, 0.2) is 78.5 Å². The van der Waals surface area contributed by atoms with Gasteiger partial charge in [0.2, 0.25) is 0 Å². The van der Waals surface area contributed by atoms with Crippen molar-refractivity contribution in [2.75, 3.05) is 10.2 Å². The summed E-state index contributed by atoms with van der Waals surface area (Å²) in [6, 6.07) is 22.2. The first-order valence-electron chi connectivity index (χ1n) is 10.2. The summed E-state index contributed by atoms with van der Waals surface area (Å²) in [5, 5.41) is 3.77. The van der Waals surface area contributed by atoms with Crippen molar-refractivity contribution in [3.63, 3.8) is 0 Å². The molecule has 1 heterocycles. The van der Waals surface area contributed by atoms with Crippen molar-refractivity contribution in [2.24, 2.45) is 0 Å². The van der Waals surface area contributed by atoms with Gasteiger partial charge in [0, 0.05) is 10.7 Å². The van der Waals surface area contributed by atoms with E-state index in [9.17, 15) is 9.59 Å². The van der Waals surface area contributed by atoms with E-state index in [2.05, 4.69) is 19.2 Å². The first-order valence-corrected chi connectivity index (χ1v) is 10.6. The predicted octanol–water partition coefficient (Wildman–Crippen LogP) is 6.17. The average molecular weight is 431 g/mol. The summed E-state index contributed by atoms with van der Waals surface area (Å²) >= 11 is 6.04. The van der Waals surface area contributed by atoms with Crippen molar-refractivity contribution < 1.29 is 9.59 Å². The number of halogens is 1. The molecule has 1 aliphatic rings. The molecule has 3 aromatic carbocycles. The standard InChI is InChI=1S/C26H23ClN2O2/c1-16(2)18-10-14-21(15-11-18)28-24-23(19-8-12-20(27)13-9-19)25(30)29(26(24)31)22-7-5-4-6-17(22)3/h4-16,28H,1-3H3. The van der Waals surface area contributed by atoms with Crippen LogP contribution in [0, 0.1) is 6.92 Å². The zero-order chi connectivity index (χ0) is 22.1. The number of hydrogen-bond donors (Lipinski definition) is 1. The van der Waals surface area contributed by atoms with Crippen LogP contribution in [0.3, 0.4) is 0 Å². The van der Waals surface area contributed by atoms with Gasteiger partial charge in [-0.15, -0.1) is 0 Å². The molecule has 0 fully saturated rings. The summed E-state index contributed by atoms with van der Waals surface area (Å²) in [5.41, 5.74) is 4.61. The molecule has 1 aliphatic heterocycles. The van der Waals surface area contributed by atoms with Crippen LogP contribution >= 0.6 is 11.6 Å². The zero-order valence-corrected chi connectivity index (χ0v) is 18.4. The number of amides is 2. The van der Waals surface area contributed by atoms with E-state index in [0.717, 1.165) is 11.3 Å². The average Bonchev–Trinajstić information content (AvgIpc) is 2.99. The second-order valence-electron chi connectivity index (χ2n) is 7.89. The van der Waals surface area contributed by atoms with E-state index >= 15 is 0 Å². The van der Waals surface area contributed by atoms with Crippen LogP contribution in [0.1, 0.15) is 36.5 Å². The predicted molar refractivity (Wildman–Crippen MR) is 126 cm³/mol. The van der Waals surface area contributed by atoms with Gasteiger partial charge in [0.1, 0.15) is 5.70 Å². The molecule has 0 atom stereocenters. The molecule has 0 saturated heterocycles. The highest BCUT2D eigenvalue weighted by Gasteiger charge is 2.40. The summed E-state index contributed by atoms with van der Waals surface area (Å²) in [7, 11) is 0. The van der Waals surface area contributed by atoms with E-state index < -0.39 is 0 Å². The Balaban J connectivity index is 1.79. The second kappa shape index (κ2) is 8.40. The van der Waals surface area contributed by atoms with E-state index in [4.69, 9.17) is 11.6 Å². The van der Waals surface area contributed by atoms with E-state index in [-0.39, 0.29) is 17.5 Å². The Bertz CT molecular complexity index is 1180. The van der Waals surface area contributed by atoms with Crippen molar-refractivity contribution in [3.8, 4) is 0 Å². The third kappa shape index (κ3) is 3.99. The highest BCUT2D eigenvalue weighted by Crippen LogP contribution is 2.35. The molecule has 0 unspecified atom stereocenters. The maximum Gasteiger partial charge on any atom is 0.282 e. The monoisotopic (exact) mass is 430 g/mol. The fourth-order valence-corrected chi connectivity index (χ4v) is 3.78. The topological polar surface area (TPSA) is 49.4 Å². The number of benzene rings is 3. The molecule has 0 spiro atoms. The van der Waals surface area contributed by atoms with Gasteiger partial charge < -0.3 is 5.32 Å². The van der Waals surface area contributed by atoms with Crippen molar-refractivity contribution in [3.05, 3.63) is 100 Å². The van der Waals surface area contributed by atoms with Gasteiger partial charge in [-0.3, -0.25) is 9.59 Å². The minimum Gasteiger partial charge on any atom is -0.350 e. The second-order valence-corrected chi connectivity index (χ2v) is 8.33. The van der Waals surface area contributed by atoms with Gasteiger partial charge >= 0.3 is 0 Å².